The summed E-state index contributed by atoms with van der Waals surface area (Å²) in [5.41, 5.74) is 0.348. The first-order valence-electron chi connectivity index (χ1n) is 9.91. The number of aliphatic hydroxyl groups is 1. The molecule has 1 fully saturated rings. The van der Waals surface area contributed by atoms with Gasteiger partial charge in [-0.05, 0) is 36.6 Å². The molecule has 2 heterocycles. The van der Waals surface area contributed by atoms with Crippen LogP contribution in [0.5, 0.6) is 0 Å². The molecule has 0 saturated heterocycles. The van der Waals surface area contributed by atoms with Crippen LogP contribution in [0, 0.1) is 17.2 Å². The Hall–Kier alpha value is -3.32. The number of fused-ring (bicyclic) bond motifs is 1. The summed E-state index contributed by atoms with van der Waals surface area (Å²) in [6, 6.07) is 8.98. The minimum absolute atomic E-state index is 0.164. The van der Waals surface area contributed by atoms with Gasteiger partial charge in [0.15, 0.2) is 11.9 Å². The molecule has 3 atom stereocenters. The van der Waals surface area contributed by atoms with Gasteiger partial charge in [0.05, 0.1) is 23.5 Å². The predicted molar refractivity (Wildman–Crippen MR) is 108 cm³/mol. The number of hydrogen-bond acceptors (Lipinski definition) is 5. The fourth-order valence-corrected chi connectivity index (χ4v) is 4.07. The van der Waals surface area contributed by atoms with E-state index in [1.165, 1.54) is 18.3 Å². The van der Waals surface area contributed by atoms with Gasteiger partial charge in [0, 0.05) is 11.9 Å². The monoisotopic (exact) mass is 431 g/mol. The Balaban J connectivity index is 1.70. The van der Waals surface area contributed by atoms with Gasteiger partial charge in [0.25, 0.3) is 5.56 Å². The van der Waals surface area contributed by atoms with Crippen LogP contribution in [-0.2, 0) is 0 Å². The molecule has 10 heteroatoms. The maximum absolute atomic E-state index is 12.7. The van der Waals surface area contributed by atoms with Gasteiger partial charge in [-0.2, -0.15) is 23.5 Å². The number of aromatic nitrogens is 3. The summed E-state index contributed by atoms with van der Waals surface area (Å²) in [6.45, 7) is 0. The Kier molecular flexibility index (Phi) is 5.45. The van der Waals surface area contributed by atoms with Crippen LogP contribution >= 0.6 is 0 Å². The van der Waals surface area contributed by atoms with Gasteiger partial charge in [-0.1, -0.05) is 25.0 Å². The lowest BCUT2D eigenvalue weighted by molar-refractivity contribution is -0.206. The Bertz CT molecular complexity index is 1180. The van der Waals surface area contributed by atoms with E-state index in [1.54, 1.807) is 10.7 Å². The Morgan fingerprint density at radius 2 is 1.94 bits per heavy atom. The highest BCUT2D eigenvalue weighted by Crippen LogP contribution is 2.37. The number of hydrogen-bond donors (Lipinski definition) is 3. The molecule has 0 amide bonds. The van der Waals surface area contributed by atoms with E-state index in [0.29, 0.717) is 16.6 Å². The largest absolute Gasteiger partial charge is 0.418 e. The fraction of sp³-hybridized carbons (Fsp3) is 0.381. The lowest BCUT2D eigenvalue weighted by Gasteiger charge is -2.27. The number of pyridine rings is 1. The van der Waals surface area contributed by atoms with Gasteiger partial charge >= 0.3 is 6.18 Å². The SMILES string of the molecule is N#C[C@H]1CCCC[C@@H]1n1nc(Nc2ccc([C@H](O)C(F)(F)F)cc2)c2c(=O)[nH]ccc21. The lowest BCUT2D eigenvalue weighted by Crippen LogP contribution is -2.23. The van der Waals surface area contributed by atoms with E-state index in [4.69, 9.17) is 0 Å². The van der Waals surface area contributed by atoms with Gasteiger partial charge in [-0.3, -0.25) is 9.48 Å². The molecule has 1 aromatic carbocycles. The Labute approximate surface area is 175 Å². The fourth-order valence-electron chi connectivity index (χ4n) is 4.07. The van der Waals surface area contributed by atoms with Gasteiger partial charge < -0.3 is 15.4 Å². The predicted octanol–water partition coefficient (Wildman–Crippen LogP) is 4.32. The molecule has 31 heavy (non-hydrogen) atoms. The third-order valence-corrected chi connectivity index (χ3v) is 5.64. The van der Waals surface area contributed by atoms with E-state index in [1.807, 2.05) is 0 Å². The number of H-pyrrole nitrogens is 1. The van der Waals surface area contributed by atoms with Crippen LogP contribution in [0.25, 0.3) is 10.9 Å². The average Bonchev–Trinajstić information content (AvgIpc) is 3.12. The number of nitrogens with zero attached hydrogens (tertiary/aromatic N) is 3. The minimum Gasteiger partial charge on any atom is -0.379 e. The lowest BCUT2D eigenvalue weighted by atomic mass is 9.85. The smallest absolute Gasteiger partial charge is 0.379 e. The third kappa shape index (κ3) is 4.01. The van der Waals surface area contributed by atoms with Gasteiger partial charge in [0.2, 0.25) is 0 Å². The zero-order chi connectivity index (χ0) is 22.2. The standard InChI is InChI=1S/C21H20F3N5O2/c22-21(23,24)18(30)12-5-7-14(8-6-12)27-19-17-16(9-10-26-20(17)31)29(28-19)15-4-2-1-3-13(15)11-25/h5-10,13,15,18,30H,1-4H2,(H,26,31)(H,27,28)/t13-,15+,18+/m1/s1. The van der Waals surface area contributed by atoms with E-state index in [9.17, 15) is 28.3 Å². The summed E-state index contributed by atoms with van der Waals surface area (Å²) in [7, 11) is 0. The second kappa shape index (κ2) is 8.07. The van der Waals surface area contributed by atoms with Crippen LogP contribution in [-0.4, -0.2) is 26.0 Å². The molecule has 0 spiro atoms. The Morgan fingerprint density at radius 3 is 2.61 bits per heavy atom. The molecule has 4 rings (SSSR count). The molecule has 0 unspecified atom stereocenters. The molecule has 162 valence electrons. The number of anilines is 2. The molecule has 0 radical (unpaired) electrons. The van der Waals surface area contributed by atoms with Crippen molar-refractivity contribution in [2.45, 2.75) is 44.0 Å². The number of nitriles is 1. The highest BCUT2D eigenvalue weighted by Gasteiger charge is 2.39. The first-order chi connectivity index (χ1) is 14.8. The number of alkyl halides is 3. The molecular formula is C21H20F3N5O2. The summed E-state index contributed by atoms with van der Waals surface area (Å²) >= 11 is 0. The van der Waals surface area contributed by atoms with Crippen LogP contribution < -0.4 is 10.9 Å². The molecule has 3 N–H and O–H groups in total. The maximum atomic E-state index is 12.7. The Morgan fingerprint density at radius 1 is 1.23 bits per heavy atom. The van der Waals surface area contributed by atoms with Crippen LogP contribution in [0.2, 0.25) is 0 Å². The number of rotatable bonds is 4. The summed E-state index contributed by atoms with van der Waals surface area (Å²) in [4.78, 5) is 15.1. The van der Waals surface area contributed by atoms with Gasteiger partial charge in [0.1, 0.15) is 5.39 Å². The number of aliphatic hydroxyl groups excluding tert-OH is 1. The number of aromatic amines is 1. The van der Waals surface area contributed by atoms with Crippen LogP contribution in [0.1, 0.15) is 43.4 Å². The van der Waals surface area contributed by atoms with Crippen molar-refractivity contribution in [3.05, 3.63) is 52.4 Å². The summed E-state index contributed by atoms with van der Waals surface area (Å²) in [5.74, 6) is 0.0374. The summed E-state index contributed by atoms with van der Waals surface area (Å²) < 4.78 is 39.8. The van der Waals surface area contributed by atoms with Crippen molar-refractivity contribution in [3.63, 3.8) is 0 Å². The summed E-state index contributed by atoms with van der Waals surface area (Å²) in [5, 5.41) is 26.8. The molecular weight excluding hydrogens is 411 g/mol. The van der Waals surface area contributed by atoms with Gasteiger partial charge in [-0.15, -0.1) is 0 Å². The molecule has 3 aromatic rings. The second-order valence-electron chi connectivity index (χ2n) is 7.64. The normalized spacial score (nSPS) is 20.4. The molecule has 1 aliphatic rings. The van der Waals surface area contributed by atoms with Crippen molar-refractivity contribution in [1.29, 1.82) is 5.26 Å². The topological polar surface area (TPSA) is 107 Å². The van der Waals surface area contributed by atoms with Gasteiger partial charge in [-0.25, -0.2) is 0 Å². The van der Waals surface area contributed by atoms with Crippen LogP contribution in [0.15, 0.2) is 41.3 Å². The third-order valence-electron chi connectivity index (χ3n) is 5.64. The van der Waals surface area contributed by atoms with E-state index < -0.39 is 12.3 Å². The zero-order valence-corrected chi connectivity index (χ0v) is 16.4. The van der Waals surface area contributed by atoms with Crippen molar-refractivity contribution < 1.29 is 18.3 Å². The van der Waals surface area contributed by atoms with Crippen LogP contribution in [0.4, 0.5) is 24.7 Å². The highest BCUT2D eigenvalue weighted by atomic mass is 19.4. The summed E-state index contributed by atoms with van der Waals surface area (Å²) in [6.07, 6.45) is -2.35. The zero-order valence-electron chi connectivity index (χ0n) is 16.4. The molecule has 0 bridgehead atoms. The molecule has 1 saturated carbocycles. The number of nitrogens with one attached hydrogen (secondary N) is 2. The quantitative estimate of drug-likeness (QED) is 0.570. The van der Waals surface area contributed by atoms with Crippen LogP contribution in [0.3, 0.4) is 0 Å². The molecule has 0 aliphatic heterocycles. The molecule has 7 nitrogen and oxygen atoms in total. The maximum Gasteiger partial charge on any atom is 0.418 e. The molecule has 2 aromatic heterocycles. The molecule has 1 aliphatic carbocycles. The van der Waals surface area contributed by atoms with E-state index in [-0.39, 0.29) is 28.9 Å². The number of benzene rings is 1. The minimum atomic E-state index is -4.76. The average molecular weight is 431 g/mol. The van der Waals surface area contributed by atoms with Crippen molar-refractivity contribution in [2.75, 3.05) is 5.32 Å². The highest BCUT2D eigenvalue weighted by molar-refractivity contribution is 5.91. The van der Waals surface area contributed by atoms with E-state index >= 15 is 0 Å². The first-order valence-corrected chi connectivity index (χ1v) is 9.91. The van der Waals surface area contributed by atoms with E-state index in [2.05, 4.69) is 21.5 Å². The number of halogens is 3. The second-order valence-corrected chi connectivity index (χ2v) is 7.64. The van der Waals surface area contributed by atoms with Crippen molar-refractivity contribution in [2.24, 2.45) is 5.92 Å². The van der Waals surface area contributed by atoms with E-state index in [0.717, 1.165) is 37.8 Å². The first kappa shape index (κ1) is 20.9. The van der Waals surface area contributed by atoms with Crippen molar-refractivity contribution in [1.82, 2.24) is 14.8 Å². The van der Waals surface area contributed by atoms with Crippen molar-refractivity contribution in [3.8, 4) is 6.07 Å². The van der Waals surface area contributed by atoms with Crippen molar-refractivity contribution >= 4 is 22.4 Å².